The molecule has 0 fully saturated rings. The molecule has 0 aromatic heterocycles. The lowest BCUT2D eigenvalue weighted by Gasteiger charge is -2.19. The lowest BCUT2D eigenvalue weighted by Crippen LogP contribution is -2.05. The third-order valence-corrected chi connectivity index (χ3v) is 5.37. The summed E-state index contributed by atoms with van der Waals surface area (Å²) < 4.78 is 0. The normalized spacial score (nSPS) is 26.3. The summed E-state index contributed by atoms with van der Waals surface area (Å²) in [4.78, 5) is 0. The third-order valence-electron chi connectivity index (χ3n) is 5.37. The van der Waals surface area contributed by atoms with Crippen molar-refractivity contribution >= 4 is 0 Å². The molecule has 0 saturated heterocycles. The fourth-order valence-corrected chi connectivity index (χ4v) is 3.45. The van der Waals surface area contributed by atoms with E-state index in [2.05, 4.69) is 58.6 Å². The van der Waals surface area contributed by atoms with Gasteiger partial charge in [-0.15, -0.1) is 0 Å². The molecular formula is C25H40O. The van der Waals surface area contributed by atoms with E-state index in [0.29, 0.717) is 5.92 Å². The number of allylic oxidation sites excluding steroid dienone is 8. The van der Waals surface area contributed by atoms with Gasteiger partial charge in [0.1, 0.15) is 0 Å². The molecule has 0 aromatic carbocycles. The van der Waals surface area contributed by atoms with Crippen LogP contribution < -0.4 is 0 Å². The van der Waals surface area contributed by atoms with Crippen molar-refractivity contribution in [1.82, 2.24) is 0 Å². The van der Waals surface area contributed by atoms with Gasteiger partial charge in [0.2, 0.25) is 0 Å². The first-order chi connectivity index (χ1) is 12.4. The summed E-state index contributed by atoms with van der Waals surface area (Å²) in [7, 11) is 0. The molecule has 0 saturated carbocycles. The summed E-state index contributed by atoms with van der Waals surface area (Å²) in [5, 5.41) is 9.70. The first-order valence-corrected chi connectivity index (χ1v) is 10.3. The number of rotatable bonds is 5. The molecule has 0 aromatic rings. The van der Waals surface area contributed by atoms with Gasteiger partial charge in [0.05, 0.1) is 6.61 Å². The van der Waals surface area contributed by atoms with Crippen LogP contribution in [-0.4, -0.2) is 11.7 Å². The lowest BCUT2D eigenvalue weighted by molar-refractivity contribution is 0.325. The predicted molar refractivity (Wildman–Crippen MR) is 116 cm³/mol. The van der Waals surface area contributed by atoms with E-state index >= 15 is 0 Å². The standard InChI is InChI=1S/C25H40O/c1-20(2)9-6-13-23(5)25-17-15-22(4)11-7-10-21(3)12-8-14-24(19-26)16-18-25/h9,11-12,16,25-26H,5-8,10,13-15,17-19H2,1-4H3/b21-12-,22-11+,24-16-/t25-/m1/s1. The second-order valence-corrected chi connectivity index (χ2v) is 8.15. The predicted octanol–water partition coefficient (Wildman–Crippen LogP) is 7.46. The van der Waals surface area contributed by atoms with Crippen molar-refractivity contribution in [3.05, 3.63) is 58.7 Å². The minimum atomic E-state index is 0.183. The van der Waals surface area contributed by atoms with Gasteiger partial charge in [0.15, 0.2) is 0 Å². The average Bonchev–Trinajstić information content (AvgIpc) is 2.59. The Kier molecular flexibility index (Phi) is 11.3. The molecule has 0 heterocycles. The summed E-state index contributed by atoms with van der Waals surface area (Å²) in [5.41, 5.74) is 6.90. The highest BCUT2D eigenvalue weighted by Crippen LogP contribution is 2.28. The van der Waals surface area contributed by atoms with Crippen LogP contribution in [0.5, 0.6) is 0 Å². The third kappa shape index (κ3) is 9.97. The number of hydrogen-bond donors (Lipinski definition) is 1. The maximum Gasteiger partial charge on any atom is 0.0641 e. The van der Waals surface area contributed by atoms with E-state index in [9.17, 15) is 5.11 Å². The van der Waals surface area contributed by atoms with Gasteiger partial charge in [-0.05, 0) is 97.0 Å². The van der Waals surface area contributed by atoms with Crippen LogP contribution >= 0.6 is 0 Å². The molecule has 0 bridgehead atoms. The quantitative estimate of drug-likeness (QED) is 0.507. The second-order valence-electron chi connectivity index (χ2n) is 8.15. The van der Waals surface area contributed by atoms with Crippen LogP contribution in [0.4, 0.5) is 0 Å². The zero-order chi connectivity index (χ0) is 19.4. The molecule has 0 unspecified atom stereocenters. The Morgan fingerprint density at radius 1 is 1.08 bits per heavy atom. The molecule has 1 atom stereocenters. The van der Waals surface area contributed by atoms with Crippen LogP contribution in [0.3, 0.4) is 0 Å². The van der Waals surface area contributed by atoms with E-state index in [1.54, 1.807) is 0 Å². The average molecular weight is 357 g/mol. The number of aliphatic hydroxyl groups excluding tert-OH is 1. The van der Waals surface area contributed by atoms with E-state index in [1.165, 1.54) is 34.3 Å². The van der Waals surface area contributed by atoms with Crippen LogP contribution in [-0.2, 0) is 0 Å². The minimum Gasteiger partial charge on any atom is -0.392 e. The van der Waals surface area contributed by atoms with Crippen molar-refractivity contribution < 1.29 is 5.11 Å². The summed E-state index contributed by atoms with van der Waals surface area (Å²) in [6, 6.07) is 0. The molecule has 0 radical (unpaired) electrons. The summed E-state index contributed by atoms with van der Waals surface area (Å²) in [6.07, 6.45) is 19.1. The monoisotopic (exact) mass is 356 g/mol. The molecule has 1 aliphatic rings. The maximum atomic E-state index is 9.70. The maximum absolute atomic E-state index is 9.70. The van der Waals surface area contributed by atoms with E-state index in [1.807, 2.05) is 0 Å². The molecule has 1 rings (SSSR count). The molecule has 0 amide bonds. The van der Waals surface area contributed by atoms with Crippen molar-refractivity contribution in [2.45, 2.75) is 85.5 Å². The molecule has 1 heteroatoms. The van der Waals surface area contributed by atoms with Crippen molar-refractivity contribution in [3.63, 3.8) is 0 Å². The SMILES string of the molecule is C=C(CCC=C(C)C)[C@H]1C/C=C(\CO)CC/C=C(/C)CC/C=C(\C)CC1. The zero-order valence-corrected chi connectivity index (χ0v) is 17.6. The van der Waals surface area contributed by atoms with Gasteiger partial charge >= 0.3 is 0 Å². The number of hydrogen-bond acceptors (Lipinski definition) is 1. The van der Waals surface area contributed by atoms with Crippen molar-refractivity contribution in [2.75, 3.05) is 6.61 Å². The van der Waals surface area contributed by atoms with Crippen molar-refractivity contribution in [3.8, 4) is 0 Å². The Bertz CT molecular complexity index is 553. The van der Waals surface area contributed by atoms with Gasteiger partial charge in [0, 0.05) is 0 Å². The minimum absolute atomic E-state index is 0.183. The topological polar surface area (TPSA) is 20.2 Å². The second kappa shape index (κ2) is 12.9. The fraction of sp³-hybridized carbons (Fsp3) is 0.600. The molecule has 26 heavy (non-hydrogen) atoms. The zero-order valence-electron chi connectivity index (χ0n) is 17.6. The lowest BCUT2D eigenvalue weighted by atomic mass is 9.86. The Hall–Kier alpha value is -1.34. The molecule has 1 aliphatic carbocycles. The van der Waals surface area contributed by atoms with Gasteiger partial charge in [-0.3, -0.25) is 0 Å². The molecule has 1 nitrogen and oxygen atoms in total. The molecule has 0 aliphatic heterocycles. The largest absolute Gasteiger partial charge is 0.392 e. The van der Waals surface area contributed by atoms with Crippen molar-refractivity contribution in [1.29, 1.82) is 0 Å². The van der Waals surface area contributed by atoms with E-state index in [0.717, 1.165) is 51.4 Å². The van der Waals surface area contributed by atoms with Crippen LogP contribution in [0, 0.1) is 5.92 Å². The fourth-order valence-electron chi connectivity index (χ4n) is 3.45. The van der Waals surface area contributed by atoms with Gasteiger partial charge in [-0.25, -0.2) is 0 Å². The van der Waals surface area contributed by atoms with E-state index in [4.69, 9.17) is 0 Å². The van der Waals surface area contributed by atoms with Gasteiger partial charge in [0.25, 0.3) is 0 Å². The summed E-state index contributed by atoms with van der Waals surface area (Å²) in [5.74, 6) is 0.519. The Morgan fingerprint density at radius 2 is 1.73 bits per heavy atom. The number of aliphatic hydroxyl groups is 1. The Morgan fingerprint density at radius 3 is 2.38 bits per heavy atom. The van der Waals surface area contributed by atoms with Crippen LogP contribution in [0.1, 0.15) is 85.5 Å². The molecule has 1 N–H and O–H groups in total. The molecular weight excluding hydrogens is 316 g/mol. The Labute approximate surface area is 162 Å². The highest BCUT2D eigenvalue weighted by atomic mass is 16.3. The van der Waals surface area contributed by atoms with Gasteiger partial charge < -0.3 is 5.11 Å². The van der Waals surface area contributed by atoms with Gasteiger partial charge in [-0.2, -0.15) is 0 Å². The van der Waals surface area contributed by atoms with E-state index in [-0.39, 0.29) is 6.61 Å². The van der Waals surface area contributed by atoms with Gasteiger partial charge in [-0.1, -0.05) is 53.2 Å². The van der Waals surface area contributed by atoms with Crippen molar-refractivity contribution in [2.24, 2.45) is 5.92 Å². The highest BCUT2D eigenvalue weighted by Gasteiger charge is 2.12. The van der Waals surface area contributed by atoms with E-state index < -0.39 is 0 Å². The summed E-state index contributed by atoms with van der Waals surface area (Å²) in [6.45, 7) is 13.4. The van der Waals surface area contributed by atoms with Crippen LogP contribution in [0.25, 0.3) is 0 Å². The molecule has 146 valence electrons. The smallest absolute Gasteiger partial charge is 0.0641 e. The first kappa shape index (κ1) is 22.7. The summed E-state index contributed by atoms with van der Waals surface area (Å²) >= 11 is 0. The first-order valence-electron chi connectivity index (χ1n) is 10.3. The van der Waals surface area contributed by atoms with Crippen LogP contribution in [0.15, 0.2) is 58.7 Å². The van der Waals surface area contributed by atoms with Crippen LogP contribution in [0.2, 0.25) is 0 Å². The molecule has 0 spiro atoms. The Balaban J connectivity index is 2.85. The highest BCUT2D eigenvalue weighted by molar-refractivity contribution is 5.12.